The number of carbonyl (C=O) groups excluding carboxylic acids is 1. The Bertz CT molecular complexity index is 354. The van der Waals surface area contributed by atoms with E-state index in [2.05, 4.69) is 0 Å². The molecule has 1 aromatic carbocycles. The fourth-order valence-electron chi connectivity index (χ4n) is 0.831. The van der Waals surface area contributed by atoms with Crippen molar-refractivity contribution in [2.75, 3.05) is 5.88 Å². The van der Waals surface area contributed by atoms with E-state index in [1.165, 1.54) is 12.1 Å². The summed E-state index contributed by atoms with van der Waals surface area (Å²) in [5, 5.41) is -0.0552. The van der Waals surface area contributed by atoms with E-state index in [0.717, 1.165) is 0 Å². The lowest BCUT2D eigenvalue weighted by molar-refractivity contribution is 0.101. The van der Waals surface area contributed by atoms with Crippen molar-refractivity contribution in [3.63, 3.8) is 0 Å². The molecule has 0 saturated heterocycles. The Kier molecular flexibility index (Phi) is 3.94. The van der Waals surface area contributed by atoms with E-state index in [1.807, 2.05) is 22.6 Å². The molecule has 5 heteroatoms. The summed E-state index contributed by atoms with van der Waals surface area (Å²) in [6.07, 6.45) is 0. The number of halogens is 4. The second-order valence-electron chi connectivity index (χ2n) is 2.31. The Morgan fingerprint density at radius 3 is 2.69 bits per heavy atom. The van der Waals surface area contributed by atoms with E-state index in [0.29, 0.717) is 3.57 Å². The van der Waals surface area contributed by atoms with Gasteiger partial charge < -0.3 is 0 Å². The molecule has 0 aliphatic carbocycles. The normalized spacial score (nSPS) is 10.2. The van der Waals surface area contributed by atoms with Gasteiger partial charge in [0.25, 0.3) is 0 Å². The van der Waals surface area contributed by atoms with Crippen LogP contribution in [0, 0.1) is 9.39 Å². The van der Waals surface area contributed by atoms with Crippen molar-refractivity contribution < 1.29 is 9.18 Å². The van der Waals surface area contributed by atoms with Gasteiger partial charge in [0.2, 0.25) is 0 Å². The van der Waals surface area contributed by atoms with Crippen molar-refractivity contribution in [1.29, 1.82) is 0 Å². The van der Waals surface area contributed by atoms with Gasteiger partial charge in [-0.05, 0) is 34.7 Å². The predicted molar refractivity (Wildman–Crippen MR) is 59.2 cm³/mol. The van der Waals surface area contributed by atoms with Crippen molar-refractivity contribution in [1.82, 2.24) is 0 Å². The second-order valence-corrected chi connectivity index (χ2v) is 4.23. The second kappa shape index (κ2) is 4.57. The van der Waals surface area contributed by atoms with Gasteiger partial charge in [-0.2, -0.15) is 0 Å². The van der Waals surface area contributed by atoms with Crippen LogP contribution in [0.25, 0.3) is 0 Å². The van der Waals surface area contributed by atoms with Crippen LogP contribution in [0.3, 0.4) is 0 Å². The van der Waals surface area contributed by atoms with Crippen LogP contribution in [-0.2, 0) is 0 Å². The molecule has 0 spiro atoms. The highest BCUT2D eigenvalue weighted by molar-refractivity contribution is 14.1. The zero-order chi connectivity index (χ0) is 10.0. The van der Waals surface area contributed by atoms with Gasteiger partial charge in [0.1, 0.15) is 0 Å². The zero-order valence-electron chi connectivity index (χ0n) is 6.28. The quantitative estimate of drug-likeness (QED) is 0.350. The van der Waals surface area contributed by atoms with Gasteiger partial charge in [0.15, 0.2) is 11.6 Å². The van der Waals surface area contributed by atoms with E-state index >= 15 is 0 Å². The molecule has 0 aliphatic heterocycles. The molecule has 0 radical (unpaired) electrons. The first kappa shape index (κ1) is 11.2. The highest BCUT2D eigenvalue weighted by atomic mass is 127. The van der Waals surface area contributed by atoms with Gasteiger partial charge in [-0.3, -0.25) is 4.79 Å². The number of carbonyl (C=O) groups is 1. The lowest BCUT2D eigenvalue weighted by atomic mass is 10.1. The topological polar surface area (TPSA) is 17.1 Å². The van der Waals surface area contributed by atoms with Gasteiger partial charge in [-0.25, -0.2) is 4.39 Å². The minimum Gasteiger partial charge on any atom is -0.293 e. The number of alkyl halides is 1. The van der Waals surface area contributed by atoms with Crippen LogP contribution < -0.4 is 0 Å². The predicted octanol–water partition coefficient (Wildman–Crippen LogP) is 3.51. The van der Waals surface area contributed by atoms with Crippen LogP contribution in [0.5, 0.6) is 0 Å². The SMILES string of the molecule is O=C(CCl)c1cc(I)cc(Cl)c1F. The first-order valence-electron chi connectivity index (χ1n) is 3.30. The van der Waals surface area contributed by atoms with Gasteiger partial charge in [0, 0.05) is 3.57 Å². The highest BCUT2D eigenvalue weighted by Crippen LogP contribution is 2.22. The van der Waals surface area contributed by atoms with Crippen LogP contribution in [0.1, 0.15) is 10.4 Å². The lowest BCUT2D eigenvalue weighted by Gasteiger charge is -2.02. The van der Waals surface area contributed by atoms with Crippen molar-refractivity contribution in [2.24, 2.45) is 0 Å². The van der Waals surface area contributed by atoms with Crippen LogP contribution in [0.2, 0.25) is 5.02 Å². The molecule has 1 nitrogen and oxygen atoms in total. The molecule has 0 aromatic heterocycles. The average Bonchev–Trinajstić information content (AvgIpc) is 2.10. The van der Waals surface area contributed by atoms with Crippen LogP contribution in [0.15, 0.2) is 12.1 Å². The van der Waals surface area contributed by atoms with Gasteiger partial charge in [-0.15, -0.1) is 11.6 Å². The highest BCUT2D eigenvalue weighted by Gasteiger charge is 2.14. The fraction of sp³-hybridized carbons (Fsp3) is 0.125. The van der Waals surface area contributed by atoms with E-state index < -0.39 is 11.6 Å². The summed E-state index contributed by atoms with van der Waals surface area (Å²) in [5.74, 6) is -1.40. The molecule has 1 aromatic rings. The number of rotatable bonds is 2. The first-order valence-corrected chi connectivity index (χ1v) is 5.29. The van der Waals surface area contributed by atoms with E-state index in [-0.39, 0.29) is 16.5 Å². The fourth-order valence-corrected chi connectivity index (χ4v) is 2.00. The van der Waals surface area contributed by atoms with E-state index in [9.17, 15) is 9.18 Å². The summed E-state index contributed by atoms with van der Waals surface area (Å²) in [7, 11) is 0. The van der Waals surface area contributed by atoms with Crippen LogP contribution in [-0.4, -0.2) is 11.7 Å². The van der Waals surface area contributed by atoms with Gasteiger partial charge in [0.05, 0.1) is 16.5 Å². The van der Waals surface area contributed by atoms with Crippen LogP contribution >= 0.6 is 45.8 Å². The molecule has 13 heavy (non-hydrogen) atoms. The molecule has 0 saturated carbocycles. The molecule has 0 fully saturated rings. The number of benzene rings is 1. The van der Waals surface area contributed by atoms with Gasteiger partial charge >= 0.3 is 0 Å². The summed E-state index contributed by atoms with van der Waals surface area (Å²) < 4.78 is 13.9. The monoisotopic (exact) mass is 332 g/mol. The molecule has 70 valence electrons. The van der Waals surface area contributed by atoms with E-state index in [4.69, 9.17) is 23.2 Å². The average molecular weight is 333 g/mol. The lowest BCUT2D eigenvalue weighted by Crippen LogP contribution is -2.04. The largest absolute Gasteiger partial charge is 0.293 e. The van der Waals surface area contributed by atoms with Crippen molar-refractivity contribution >= 4 is 51.6 Å². The zero-order valence-corrected chi connectivity index (χ0v) is 9.95. The molecule has 0 aliphatic rings. The minimum atomic E-state index is -0.701. The molecule has 0 bridgehead atoms. The Hall–Kier alpha value is 0.130. The number of Topliss-reactive ketones (excluding diaryl/α,β-unsaturated/α-hetero) is 1. The summed E-state index contributed by atoms with van der Waals surface area (Å²) in [6, 6.07) is 2.87. The van der Waals surface area contributed by atoms with E-state index in [1.54, 1.807) is 0 Å². The first-order chi connectivity index (χ1) is 6.06. The molecule has 0 amide bonds. The van der Waals surface area contributed by atoms with Gasteiger partial charge in [-0.1, -0.05) is 11.6 Å². The third-order valence-electron chi connectivity index (χ3n) is 1.41. The molecule has 1 rings (SSSR count). The maximum absolute atomic E-state index is 13.2. The van der Waals surface area contributed by atoms with Crippen molar-refractivity contribution in [2.45, 2.75) is 0 Å². The standard InChI is InChI=1S/C8H4Cl2FIO/c9-3-7(13)5-1-4(12)2-6(10)8(5)11/h1-2H,3H2. The van der Waals surface area contributed by atoms with Crippen LogP contribution in [0.4, 0.5) is 4.39 Å². The Labute approximate surface area is 98.4 Å². The maximum Gasteiger partial charge on any atom is 0.180 e. The third kappa shape index (κ3) is 2.54. The third-order valence-corrected chi connectivity index (χ3v) is 2.56. The molecular formula is C8H4Cl2FIO. The number of ketones is 1. The number of hydrogen-bond donors (Lipinski definition) is 0. The summed E-state index contributed by atoms with van der Waals surface area (Å²) >= 11 is 12.8. The Morgan fingerprint density at radius 2 is 2.15 bits per heavy atom. The molecule has 0 atom stereocenters. The van der Waals surface area contributed by atoms with Crippen molar-refractivity contribution in [3.8, 4) is 0 Å². The Morgan fingerprint density at radius 1 is 1.54 bits per heavy atom. The minimum absolute atomic E-state index is 0.0492. The molecule has 0 unspecified atom stereocenters. The van der Waals surface area contributed by atoms with Crippen molar-refractivity contribution in [3.05, 3.63) is 32.1 Å². The maximum atomic E-state index is 13.2. The summed E-state index contributed by atoms with van der Waals surface area (Å²) in [6.45, 7) is 0. The molecule has 0 heterocycles. The molecule has 0 N–H and O–H groups in total. The number of hydrogen-bond acceptors (Lipinski definition) is 1. The summed E-state index contributed by atoms with van der Waals surface area (Å²) in [5.41, 5.74) is -0.0492. The smallest absolute Gasteiger partial charge is 0.180 e. The summed E-state index contributed by atoms with van der Waals surface area (Å²) in [4.78, 5) is 11.1. The molecular weight excluding hydrogens is 329 g/mol. The Balaban J connectivity index is 3.28.